The first-order chi connectivity index (χ1) is 3.43. The van der Waals surface area contributed by atoms with E-state index in [9.17, 15) is 0 Å². The summed E-state index contributed by atoms with van der Waals surface area (Å²) in [5.74, 6) is 0. The van der Waals surface area contributed by atoms with Crippen LogP contribution in [0.15, 0.2) is 10.9 Å². The maximum absolute atomic E-state index is 3.99. The molecule has 0 aliphatic rings. The molecule has 7 heavy (non-hydrogen) atoms. The van der Waals surface area contributed by atoms with Crippen molar-refractivity contribution < 1.29 is 0 Å². The molecular weight excluding hydrogens is 106 g/mol. The van der Waals surface area contributed by atoms with Crippen molar-refractivity contribution in [3.05, 3.63) is 23.5 Å². The molecule has 1 aromatic heterocycles. The molecule has 0 aliphatic heterocycles. The highest BCUT2D eigenvalue weighted by Gasteiger charge is 1.84. The Labute approximate surface area is 47.0 Å². The van der Waals surface area contributed by atoms with Crippen molar-refractivity contribution >= 4 is 11.3 Å². The molecule has 0 bridgehead atoms. The van der Waals surface area contributed by atoms with Gasteiger partial charge in [0.1, 0.15) is 0 Å². The second-order valence-corrected chi connectivity index (χ2v) is 1.95. The van der Waals surface area contributed by atoms with E-state index in [0.29, 0.717) is 0 Å². The van der Waals surface area contributed by atoms with E-state index in [2.05, 4.69) is 11.9 Å². The molecule has 0 amide bonds. The Hall–Kier alpha value is -0.370. The van der Waals surface area contributed by atoms with Crippen molar-refractivity contribution in [1.82, 2.24) is 4.98 Å². The lowest BCUT2D eigenvalue weighted by Crippen LogP contribution is -1.73. The highest BCUT2D eigenvalue weighted by Crippen LogP contribution is 1.99. The van der Waals surface area contributed by atoms with Gasteiger partial charge in [-0.1, -0.05) is 0 Å². The summed E-state index contributed by atoms with van der Waals surface area (Å²) in [7, 11) is 0. The Bertz CT molecular complexity index is 123. The van der Waals surface area contributed by atoms with E-state index in [1.54, 1.807) is 11.3 Å². The molecule has 37 valence electrons. The van der Waals surface area contributed by atoms with Crippen LogP contribution in [0.1, 0.15) is 5.69 Å². The van der Waals surface area contributed by atoms with E-state index in [4.69, 9.17) is 0 Å². The number of thiazole rings is 1. The van der Waals surface area contributed by atoms with E-state index in [0.717, 1.165) is 12.1 Å². The second-order valence-electron chi connectivity index (χ2n) is 1.23. The third-order valence-electron chi connectivity index (χ3n) is 0.740. The van der Waals surface area contributed by atoms with Gasteiger partial charge in [0.2, 0.25) is 0 Å². The van der Waals surface area contributed by atoms with E-state index < -0.39 is 0 Å². The molecule has 0 spiro atoms. The van der Waals surface area contributed by atoms with Crippen molar-refractivity contribution in [2.24, 2.45) is 0 Å². The first kappa shape index (κ1) is 4.78. The fourth-order valence-corrected chi connectivity index (χ4v) is 0.954. The van der Waals surface area contributed by atoms with E-state index >= 15 is 0 Å². The van der Waals surface area contributed by atoms with Crippen LogP contribution < -0.4 is 0 Å². The Morgan fingerprint density at radius 3 is 3.00 bits per heavy atom. The van der Waals surface area contributed by atoms with Crippen molar-refractivity contribution in [2.75, 3.05) is 0 Å². The standard InChI is InChI=1S/C5H6NS/c1-2-5-3-7-4-6-5/h3-4H,1-2H2. The Morgan fingerprint density at radius 1 is 1.86 bits per heavy atom. The quantitative estimate of drug-likeness (QED) is 0.536. The van der Waals surface area contributed by atoms with Gasteiger partial charge in [0, 0.05) is 5.38 Å². The molecule has 0 N–H and O–H groups in total. The lowest BCUT2D eigenvalue weighted by molar-refractivity contribution is 1.15. The van der Waals surface area contributed by atoms with Crippen molar-refractivity contribution in [2.45, 2.75) is 6.42 Å². The largest absolute Gasteiger partial charge is 0.250 e. The van der Waals surface area contributed by atoms with Gasteiger partial charge in [-0.05, 0) is 13.3 Å². The molecule has 1 radical (unpaired) electrons. The van der Waals surface area contributed by atoms with Gasteiger partial charge in [0.25, 0.3) is 0 Å². The SMILES string of the molecule is [CH2]Cc1cscn1. The van der Waals surface area contributed by atoms with Crippen molar-refractivity contribution in [1.29, 1.82) is 0 Å². The lowest BCUT2D eigenvalue weighted by atomic mass is 10.4. The number of aromatic nitrogens is 1. The molecule has 0 aromatic carbocycles. The van der Waals surface area contributed by atoms with Crippen LogP contribution in [0.25, 0.3) is 0 Å². The van der Waals surface area contributed by atoms with Crippen molar-refractivity contribution in [3.8, 4) is 0 Å². The summed E-state index contributed by atoms with van der Waals surface area (Å²) in [6.45, 7) is 3.67. The minimum absolute atomic E-state index is 0.809. The van der Waals surface area contributed by atoms with Gasteiger partial charge in [-0.15, -0.1) is 11.3 Å². The van der Waals surface area contributed by atoms with Crippen molar-refractivity contribution in [3.63, 3.8) is 0 Å². The van der Waals surface area contributed by atoms with E-state index in [1.165, 1.54) is 0 Å². The fourth-order valence-electron chi connectivity index (χ4n) is 0.361. The Morgan fingerprint density at radius 2 is 2.71 bits per heavy atom. The lowest BCUT2D eigenvalue weighted by Gasteiger charge is -1.77. The van der Waals surface area contributed by atoms with Gasteiger partial charge in [-0.3, -0.25) is 0 Å². The third-order valence-corrected chi connectivity index (χ3v) is 1.37. The predicted molar refractivity (Wildman–Crippen MR) is 31.2 cm³/mol. The molecule has 1 nitrogen and oxygen atoms in total. The zero-order chi connectivity index (χ0) is 5.11. The monoisotopic (exact) mass is 112 g/mol. The molecule has 1 aromatic rings. The fraction of sp³-hybridized carbons (Fsp3) is 0.200. The van der Waals surface area contributed by atoms with Crippen LogP contribution >= 0.6 is 11.3 Å². The summed E-state index contributed by atoms with van der Waals surface area (Å²) in [5.41, 5.74) is 2.91. The number of nitrogens with zero attached hydrogens (tertiary/aromatic N) is 1. The summed E-state index contributed by atoms with van der Waals surface area (Å²) in [6, 6.07) is 0. The first-order valence-electron chi connectivity index (χ1n) is 2.10. The highest BCUT2D eigenvalue weighted by atomic mass is 32.1. The summed E-state index contributed by atoms with van der Waals surface area (Å²) in [6.07, 6.45) is 0.809. The van der Waals surface area contributed by atoms with Gasteiger partial charge in [-0.2, -0.15) is 0 Å². The molecule has 0 fully saturated rings. The average molecular weight is 112 g/mol. The molecule has 0 unspecified atom stereocenters. The van der Waals surface area contributed by atoms with Crippen LogP contribution in [0.2, 0.25) is 0 Å². The average Bonchev–Trinajstić information content (AvgIpc) is 2.14. The van der Waals surface area contributed by atoms with Gasteiger partial charge < -0.3 is 0 Å². The molecule has 0 atom stereocenters. The number of hydrogen-bond donors (Lipinski definition) is 0. The predicted octanol–water partition coefficient (Wildman–Crippen LogP) is 1.52. The van der Waals surface area contributed by atoms with E-state index in [-0.39, 0.29) is 0 Å². The zero-order valence-electron chi connectivity index (χ0n) is 3.92. The molecule has 1 heterocycles. The minimum atomic E-state index is 0.809. The van der Waals surface area contributed by atoms with Crippen LogP contribution in [-0.4, -0.2) is 4.98 Å². The summed E-state index contributed by atoms with van der Waals surface area (Å²) in [4.78, 5) is 3.99. The van der Waals surface area contributed by atoms with Gasteiger partial charge in [0.05, 0.1) is 11.2 Å². The Balaban J connectivity index is 2.76. The van der Waals surface area contributed by atoms with Crippen LogP contribution in [0.5, 0.6) is 0 Å². The van der Waals surface area contributed by atoms with Crippen LogP contribution in [-0.2, 0) is 6.42 Å². The molecule has 1 rings (SSSR count). The number of rotatable bonds is 1. The van der Waals surface area contributed by atoms with E-state index in [1.807, 2.05) is 10.9 Å². The molecular formula is C5H6NS. The summed E-state index contributed by atoms with van der Waals surface area (Å²) in [5, 5.41) is 2.01. The maximum Gasteiger partial charge on any atom is 0.0794 e. The minimum Gasteiger partial charge on any atom is -0.250 e. The first-order valence-corrected chi connectivity index (χ1v) is 3.04. The molecule has 0 aliphatic carbocycles. The molecule has 0 saturated carbocycles. The zero-order valence-corrected chi connectivity index (χ0v) is 4.74. The summed E-state index contributed by atoms with van der Waals surface area (Å²) >= 11 is 1.61. The summed E-state index contributed by atoms with van der Waals surface area (Å²) < 4.78 is 0. The van der Waals surface area contributed by atoms with Gasteiger partial charge in [0.15, 0.2) is 0 Å². The molecule has 0 saturated heterocycles. The van der Waals surface area contributed by atoms with Gasteiger partial charge >= 0.3 is 0 Å². The molecule has 2 heteroatoms. The Kier molecular flexibility index (Phi) is 1.42. The van der Waals surface area contributed by atoms with Crippen LogP contribution in [0.4, 0.5) is 0 Å². The third kappa shape index (κ3) is 0.996. The van der Waals surface area contributed by atoms with Crippen LogP contribution in [0, 0.1) is 6.92 Å². The maximum atomic E-state index is 3.99. The van der Waals surface area contributed by atoms with Crippen LogP contribution in [0.3, 0.4) is 0 Å². The second kappa shape index (κ2) is 2.07. The number of hydrogen-bond acceptors (Lipinski definition) is 2. The smallest absolute Gasteiger partial charge is 0.0794 e. The topological polar surface area (TPSA) is 12.9 Å². The highest BCUT2D eigenvalue weighted by molar-refractivity contribution is 7.07. The van der Waals surface area contributed by atoms with Gasteiger partial charge in [-0.25, -0.2) is 4.98 Å². The normalized spacial score (nSPS) is 9.29.